The molecule has 1 N–H and O–H groups in total. The van der Waals surface area contributed by atoms with Gasteiger partial charge in [0.25, 0.3) is 0 Å². The van der Waals surface area contributed by atoms with Crippen LogP contribution in [0.5, 0.6) is 0 Å². The third-order valence-electron chi connectivity index (χ3n) is 3.99. The Labute approximate surface area is 118 Å². The first-order chi connectivity index (χ1) is 9.33. The number of rotatable bonds is 10. The standard InChI is InChI=1S/C16H31NO2/c1-2-19-16(18)11-7-4-8-13-17-14-12-15-9-5-3-6-10-15/h15,17H,2-14H2,1H3. The van der Waals surface area contributed by atoms with Gasteiger partial charge in [0.15, 0.2) is 0 Å². The third-order valence-corrected chi connectivity index (χ3v) is 3.99. The molecule has 0 amide bonds. The Morgan fingerprint density at radius 3 is 2.63 bits per heavy atom. The second-order valence-corrected chi connectivity index (χ2v) is 5.66. The van der Waals surface area contributed by atoms with E-state index in [1.807, 2.05) is 6.92 Å². The summed E-state index contributed by atoms with van der Waals surface area (Å²) in [5.74, 6) is 0.929. The molecule has 3 heteroatoms. The predicted molar refractivity (Wildman–Crippen MR) is 79.2 cm³/mol. The smallest absolute Gasteiger partial charge is 0.305 e. The summed E-state index contributed by atoms with van der Waals surface area (Å²) in [6.07, 6.45) is 12.4. The number of esters is 1. The minimum absolute atomic E-state index is 0.0484. The summed E-state index contributed by atoms with van der Waals surface area (Å²) in [4.78, 5) is 11.1. The lowest BCUT2D eigenvalue weighted by Gasteiger charge is -2.21. The van der Waals surface area contributed by atoms with Crippen LogP contribution in [0.15, 0.2) is 0 Å². The zero-order valence-corrected chi connectivity index (χ0v) is 12.6. The largest absolute Gasteiger partial charge is 0.466 e. The average molecular weight is 269 g/mol. The lowest BCUT2D eigenvalue weighted by molar-refractivity contribution is -0.143. The van der Waals surface area contributed by atoms with Gasteiger partial charge < -0.3 is 10.1 Å². The number of ether oxygens (including phenoxy) is 1. The summed E-state index contributed by atoms with van der Waals surface area (Å²) in [5.41, 5.74) is 0. The van der Waals surface area contributed by atoms with Crippen LogP contribution in [0.1, 0.15) is 71.1 Å². The summed E-state index contributed by atoms with van der Waals surface area (Å²) in [6, 6.07) is 0. The Morgan fingerprint density at radius 2 is 1.89 bits per heavy atom. The van der Waals surface area contributed by atoms with Crippen LogP contribution in [0.3, 0.4) is 0 Å². The minimum atomic E-state index is -0.0484. The second-order valence-electron chi connectivity index (χ2n) is 5.66. The van der Waals surface area contributed by atoms with Crippen LogP contribution in [-0.2, 0) is 9.53 Å². The van der Waals surface area contributed by atoms with Gasteiger partial charge in [0, 0.05) is 6.42 Å². The van der Waals surface area contributed by atoms with Gasteiger partial charge in [-0.25, -0.2) is 0 Å². The highest BCUT2D eigenvalue weighted by Gasteiger charge is 2.12. The van der Waals surface area contributed by atoms with Gasteiger partial charge in [-0.1, -0.05) is 38.5 Å². The Kier molecular flexibility index (Phi) is 9.78. The van der Waals surface area contributed by atoms with E-state index in [1.54, 1.807) is 0 Å². The number of unbranched alkanes of at least 4 members (excludes halogenated alkanes) is 2. The molecule has 0 aromatic heterocycles. The monoisotopic (exact) mass is 269 g/mol. The number of hydrogen-bond donors (Lipinski definition) is 1. The van der Waals surface area contributed by atoms with Crippen molar-refractivity contribution in [3.8, 4) is 0 Å². The summed E-state index contributed by atoms with van der Waals surface area (Å²) >= 11 is 0. The Morgan fingerprint density at radius 1 is 1.11 bits per heavy atom. The maximum atomic E-state index is 11.1. The quantitative estimate of drug-likeness (QED) is 0.486. The topological polar surface area (TPSA) is 38.3 Å². The van der Waals surface area contributed by atoms with Crippen molar-refractivity contribution in [1.82, 2.24) is 5.32 Å². The summed E-state index contributed by atoms with van der Waals surface area (Å²) < 4.78 is 4.90. The maximum Gasteiger partial charge on any atom is 0.305 e. The fraction of sp³-hybridized carbons (Fsp3) is 0.938. The first-order valence-corrected chi connectivity index (χ1v) is 8.19. The fourth-order valence-electron chi connectivity index (χ4n) is 2.84. The van der Waals surface area contributed by atoms with Crippen molar-refractivity contribution in [3.05, 3.63) is 0 Å². The van der Waals surface area contributed by atoms with E-state index in [1.165, 1.54) is 51.5 Å². The highest BCUT2D eigenvalue weighted by molar-refractivity contribution is 5.69. The van der Waals surface area contributed by atoms with Crippen LogP contribution >= 0.6 is 0 Å². The lowest BCUT2D eigenvalue weighted by Crippen LogP contribution is -2.20. The van der Waals surface area contributed by atoms with E-state index >= 15 is 0 Å². The molecule has 1 aliphatic carbocycles. The van der Waals surface area contributed by atoms with E-state index in [4.69, 9.17) is 4.74 Å². The molecule has 0 aromatic carbocycles. The van der Waals surface area contributed by atoms with Crippen molar-refractivity contribution in [2.75, 3.05) is 19.7 Å². The fourth-order valence-corrected chi connectivity index (χ4v) is 2.84. The molecule has 0 aromatic rings. The zero-order valence-electron chi connectivity index (χ0n) is 12.6. The molecule has 0 heterocycles. The van der Waals surface area contributed by atoms with Crippen LogP contribution in [-0.4, -0.2) is 25.7 Å². The van der Waals surface area contributed by atoms with E-state index < -0.39 is 0 Å². The van der Waals surface area contributed by atoms with Gasteiger partial charge in [-0.05, 0) is 45.2 Å². The van der Waals surface area contributed by atoms with E-state index in [0.29, 0.717) is 13.0 Å². The van der Waals surface area contributed by atoms with Crippen molar-refractivity contribution in [2.45, 2.75) is 71.1 Å². The van der Waals surface area contributed by atoms with Gasteiger partial charge in [-0.15, -0.1) is 0 Å². The van der Waals surface area contributed by atoms with Gasteiger partial charge in [0.1, 0.15) is 0 Å². The lowest BCUT2D eigenvalue weighted by atomic mass is 9.87. The van der Waals surface area contributed by atoms with Crippen LogP contribution < -0.4 is 5.32 Å². The van der Waals surface area contributed by atoms with Crippen LogP contribution in [0, 0.1) is 5.92 Å². The Hall–Kier alpha value is -0.570. The average Bonchev–Trinajstić information content (AvgIpc) is 2.43. The molecular weight excluding hydrogens is 238 g/mol. The van der Waals surface area contributed by atoms with Gasteiger partial charge in [0.2, 0.25) is 0 Å². The molecule has 112 valence electrons. The van der Waals surface area contributed by atoms with Crippen molar-refractivity contribution >= 4 is 5.97 Å². The molecule has 1 saturated carbocycles. The van der Waals surface area contributed by atoms with E-state index in [9.17, 15) is 4.79 Å². The predicted octanol–water partition coefficient (Wildman–Crippen LogP) is 3.67. The molecule has 0 spiro atoms. The van der Waals surface area contributed by atoms with Gasteiger partial charge in [0.05, 0.1) is 6.61 Å². The van der Waals surface area contributed by atoms with Gasteiger partial charge in [-0.3, -0.25) is 4.79 Å². The number of hydrogen-bond acceptors (Lipinski definition) is 3. The van der Waals surface area contributed by atoms with Crippen LogP contribution in [0.25, 0.3) is 0 Å². The SMILES string of the molecule is CCOC(=O)CCCCCNCCC1CCCCC1. The maximum absolute atomic E-state index is 11.1. The molecule has 0 aliphatic heterocycles. The first kappa shape index (κ1) is 16.5. The van der Waals surface area contributed by atoms with Crippen molar-refractivity contribution in [2.24, 2.45) is 5.92 Å². The highest BCUT2D eigenvalue weighted by atomic mass is 16.5. The molecule has 1 rings (SSSR count). The highest BCUT2D eigenvalue weighted by Crippen LogP contribution is 2.25. The molecule has 3 nitrogen and oxygen atoms in total. The molecule has 1 fully saturated rings. The zero-order chi connectivity index (χ0) is 13.8. The van der Waals surface area contributed by atoms with E-state index in [0.717, 1.165) is 25.3 Å². The van der Waals surface area contributed by atoms with Gasteiger partial charge in [-0.2, -0.15) is 0 Å². The van der Waals surface area contributed by atoms with Crippen LogP contribution in [0.4, 0.5) is 0 Å². The Balaban J connectivity index is 1.79. The third kappa shape index (κ3) is 9.04. The Bertz CT molecular complexity index is 225. The van der Waals surface area contributed by atoms with Crippen LogP contribution in [0.2, 0.25) is 0 Å². The summed E-state index contributed by atoms with van der Waals surface area (Å²) in [5, 5.41) is 3.53. The van der Waals surface area contributed by atoms with Crippen molar-refractivity contribution < 1.29 is 9.53 Å². The van der Waals surface area contributed by atoms with Crippen molar-refractivity contribution in [1.29, 1.82) is 0 Å². The number of nitrogens with one attached hydrogen (secondary N) is 1. The second kappa shape index (κ2) is 11.3. The van der Waals surface area contributed by atoms with E-state index in [2.05, 4.69) is 5.32 Å². The molecule has 0 atom stereocenters. The molecule has 1 aliphatic rings. The number of carbonyl (C=O) groups excluding carboxylic acids is 1. The van der Waals surface area contributed by atoms with Crippen molar-refractivity contribution in [3.63, 3.8) is 0 Å². The molecular formula is C16H31NO2. The molecule has 19 heavy (non-hydrogen) atoms. The van der Waals surface area contributed by atoms with Gasteiger partial charge >= 0.3 is 5.97 Å². The number of carbonyl (C=O) groups is 1. The summed E-state index contributed by atoms with van der Waals surface area (Å²) in [7, 11) is 0. The molecule has 0 radical (unpaired) electrons. The molecule has 0 bridgehead atoms. The first-order valence-electron chi connectivity index (χ1n) is 8.19. The normalized spacial score (nSPS) is 16.5. The molecule has 0 unspecified atom stereocenters. The minimum Gasteiger partial charge on any atom is -0.466 e. The summed E-state index contributed by atoms with van der Waals surface area (Å²) in [6.45, 7) is 4.62. The van der Waals surface area contributed by atoms with E-state index in [-0.39, 0.29) is 5.97 Å². The molecule has 0 saturated heterocycles.